The number of imide groups is 1. The molecule has 0 fully saturated rings. The summed E-state index contributed by atoms with van der Waals surface area (Å²) in [7, 11) is 0. The average Bonchev–Trinajstić information content (AvgIpc) is 3.16. The molecule has 5 heteroatoms. The Hall–Kier alpha value is -3.89. The molecule has 1 heterocycles. The second-order valence-corrected chi connectivity index (χ2v) is 9.69. The fraction of sp³-hybridized carbons (Fsp3) is 0.0968. The summed E-state index contributed by atoms with van der Waals surface area (Å²) < 4.78 is 1.08. The smallest absolute Gasteiger partial charge is 0.261 e. The number of hydrogen-bond acceptors (Lipinski definition) is 3. The van der Waals surface area contributed by atoms with Gasteiger partial charge in [-0.15, -0.1) is 0 Å². The predicted octanol–water partition coefficient (Wildman–Crippen LogP) is 6.53. The van der Waals surface area contributed by atoms with Gasteiger partial charge in [0, 0.05) is 22.1 Å². The van der Waals surface area contributed by atoms with E-state index in [1.165, 1.54) is 4.90 Å². The van der Waals surface area contributed by atoms with Gasteiger partial charge in [0.1, 0.15) is 0 Å². The zero-order valence-corrected chi connectivity index (χ0v) is 21.6. The lowest BCUT2D eigenvalue weighted by molar-refractivity contribution is 0.0658. The van der Waals surface area contributed by atoms with Gasteiger partial charge in [-0.25, -0.2) is 0 Å². The average molecular weight is 582 g/mol. The molecule has 0 saturated carbocycles. The molecule has 0 aliphatic carbocycles. The molecular formula is C31H23IN2O2. The number of nitrogens with zero attached hydrogens (tertiary/aromatic N) is 1. The highest BCUT2D eigenvalue weighted by atomic mass is 127. The van der Waals surface area contributed by atoms with Crippen LogP contribution in [0.5, 0.6) is 0 Å². The molecule has 0 aromatic heterocycles. The SMILES string of the molecule is O=C1c2ccccc2C(=O)N1CCC#Cc1cc(I)ccc1NC(c1ccccc1)c1ccccc1. The van der Waals surface area contributed by atoms with Crippen LogP contribution >= 0.6 is 22.6 Å². The molecule has 4 aromatic rings. The Morgan fingerprint density at radius 1 is 0.750 bits per heavy atom. The highest BCUT2D eigenvalue weighted by Gasteiger charge is 2.34. The molecule has 4 aromatic carbocycles. The Morgan fingerprint density at radius 2 is 1.31 bits per heavy atom. The van der Waals surface area contributed by atoms with Gasteiger partial charge in [0.15, 0.2) is 0 Å². The molecule has 1 aliphatic rings. The van der Waals surface area contributed by atoms with E-state index in [0.717, 1.165) is 25.9 Å². The third-order valence-corrected chi connectivity index (χ3v) is 6.78. The first kappa shape index (κ1) is 23.8. The number of fused-ring (bicyclic) bond motifs is 1. The second-order valence-electron chi connectivity index (χ2n) is 8.45. The molecule has 5 rings (SSSR count). The fourth-order valence-corrected chi connectivity index (χ4v) is 4.81. The molecule has 1 N–H and O–H groups in total. The Bertz CT molecular complexity index is 1400. The summed E-state index contributed by atoms with van der Waals surface area (Å²) in [5, 5.41) is 3.69. The minimum absolute atomic E-state index is 0.0358. The minimum Gasteiger partial charge on any atom is -0.373 e. The number of carbonyl (C=O) groups is 2. The van der Waals surface area contributed by atoms with Crippen LogP contribution in [0.1, 0.15) is 49.9 Å². The van der Waals surface area contributed by atoms with Crippen LogP contribution in [-0.4, -0.2) is 23.3 Å². The lowest BCUT2D eigenvalue weighted by atomic mass is 9.98. The maximum Gasteiger partial charge on any atom is 0.261 e. The van der Waals surface area contributed by atoms with Gasteiger partial charge in [-0.05, 0) is 64.0 Å². The Balaban J connectivity index is 1.36. The van der Waals surface area contributed by atoms with Crippen LogP contribution in [0, 0.1) is 15.4 Å². The van der Waals surface area contributed by atoms with Gasteiger partial charge < -0.3 is 5.32 Å². The molecule has 2 amide bonds. The third kappa shape index (κ3) is 5.05. The Morgan fingerprint density at radius 3 is 1.89 bits per heavy atom. The summed E-state index contributed by atoms with van der Waals surface area (Å²) >= 11 is 2.28. The predicted molar refractivity (Wildman–Crippen MR) is 151 cm³/mol. The summed E-state index contributed by atoms with van der Waals surface area (Å²) in [4.78, 5) is 26.5. The topological polar surface area (TPSA) is 49.4 Å². The van der Waals surface area contributed by atoms with Crippen LogP contribution in [0.2, 0.25) is 0 Å². The fourth-order valence-electron chi connectivity index (χ4n) is 4.32. The highest BCUT2D eigenvalue weighted by molar-refractivity contribution is 14.1. The quantitative estimate of drug-likeness (QED) is 0.160. The van der Waals surface area contributed by atoms with Crippen LogP contribution in [0.15, 0.2) is 103 Å². The van der Waals surface area contributed by atoms with Gasteiger partial charge in [-0.2, -0.15) is 0 Å². The molecule has 0 atom stereocenters. The number of benzene rings is 4. The largest absolute Gasteiger partial charge is 0.373 e. The number of carbonyl (C=O) groups excluding carboxylic acids is 2. The molecule has 0 bridgehead atoms. The molecule has 0 saturated heterocycles. The zero-order chi connectivity index (χ0) is 24.9. The lowest BCUT2D eigenvalue weighted by Gasteiger charge is -2.22. The van der Waals surface area contributed by atoms with Crippen molar-refractivity contribution in [3.63, 3.8) is 0 Å². The van der Waals surface area contributed by atoms with Gasteiger partial charge in [0.05, 0.1) is 22.9 Å². The van der Waals surface area contributed by atoms with E-state index in [1.54, 1.807) is 24.3 Å². The maximum atomic E-state index is 12.6. The van der Waals surface area contributed by atoms with E-state index < -0.39 is 0 Å². The maximum absolute atomic E-state index is 12.6. The van der Waals surface area contributed by atoms with Gasteiger partial charge in [-0.3, -0.25) is 14.5 Å². The molecule has 1 aliphatic heterocycles. The summed E-state index contributed by atoms with van der Waals surface area (Å²) in [5.74, 6) is 5.95. The number of nitrogens with one attached hydrogen (secondary N) is 1. The van der Waals surface area contributed by atoms with Crippen molar-refractivity contribution in [3.05, 3.63) is 135 Å². The molecule has 176 valence electrons. The van der Waals surface area contributed by atoms with Crippen molar-refractivity contribution in [3.8, 4) is 11.8 Å². The van der Waals surface area contributed by atoms with Gasteiger partial charge in [0.25, 0.3) is 11.8 Å². The van der Waals surface area contributed by atoms with E-state index in [9.17, 15) is 9.59 Å². The Labute approximate surface area is 224 Å². The number of halogens is 1. The number of hydrogen-bond donors (Lipinski definition) is 1. The third-order valence-electron chi connectivity index (χ3n) is 6.11. The highest BCUT2D eigenvalue weighted by Crippen LogP contribution is 2.29. The summed E-state index contributed by atoms with van der Waals surface area (Å²) in [6.07, 6.45) is 0.400. The lowest BCUT2D eigenvalue weighted by Crippen LogP contribution is -2.30. The number of anilines is 1. The van der Waals surface area contributed by atoms with E-state index in [0.29, 0.717) is 17.5 Å². The number of rotatable bonds is 6. The first-order chi connectivity index (χ1) is 17.6. The molecule has 0 radical (unpaired) electrons. The van der Waals surface area contributed by atoms with Crippen LogP contribution in [0.25, 0.3) is 0 Å². The zero-order valence-electron chi connectivity index (χ0n) is 19.4. The summed E-state index contributed by atoms with van der Waals surface area (Å²) in [6, 6.07) is 33.7. The van der Waals surface area contributed by atoms with Gasteiger partial charge in [0.2, 0.25) is 0 Å². The van der Waals surface area contributed by atoms with Crippen molar-refractivity contribution in [2.24, 2.45) is 0 Å². The molecule has 0 spiro atoms. The standard InChI is InChI=1S/C31H23IN2O2/c32-25-18-19-28(33-29(22-11-3-1-4-12-22)23-13-5-2-6-14-23)24(21-25)15-9-10-20-34-30(35)26-16-7-8-17-27(26)31(34)36/h1-8,11-14,16-19,21,29,33H,10,20H2. The van der Waals surface area contributed by atoms with E-state index in [-0.39, 0.29) is 24.4 Å². The normalized spacial score (nSPS) is 12.3. The van der Waals surface area contributed by atoms with E-state index in [1.807, 2.05) is 42.5 Å². The van der Waals surface area contributed by atoms with E-state index >= 15 is 0 Å². The molecule has 4 nitrogen and oxygen atoms in total. The number of amides is 2. The molecular weight excluding hydrogens is 559 g/mol. The van der Waals surface area contributed by atoms with Crippen molar-refractivity contribution in [2.45, 2.75) is 12.5 Å². The van der Waals surface area contributed by atoms with Crippen LogP contribution in [0.4, 0.5) is 5.69 Å². The van der Waals surface area contributed by atoms with Crippen molar-refractivity contribution >= 4 is 40.1 Å². The van der Waals surface area contributed by atoms with Crippen LogP contribution in [-0.2, 0) is 0 Å². The monoisotopic (exact) mass is 582 g/mol. The van der Waals surface area contributed by atoms with E-state index in [2.05, 4.69) is 76.1 Å². The molecule has 0 unspecified atom stereocenters. The minimum atomic E-state index is -0.248. The van der Waals surface area contributed by atoms with Gasteiger partial charge >= 0.3 is 0 Å². The van der Waals surface area contributed by atoms with Crippen molar-refractivity contribution < 1.29 is 9.59 Å². The van der Waals surface area contributed by atoms with E-state index in [4.69, 9.17) is 0 Å². The summed E-state index contributed by atoms with van der Waals surface area (Å²) in [5.41, 5.74) is 5.06. The first-order valence-electron chi connectivity index (χ1n) is 11.7. The Kier molecular flexibility index (Phi) is 7.15. The van der Waals surface area contributed by atoms with Crippen molar-refractivity contribution in [1.82, 2.24) is 4.90 Å². The van der Waals surface area contributed by atoms with Crippen LogP contribution < -0.4 is 5.32 Å². The van der Waals surface area contributed by atoms with Gasteiger partial charge in [-0.1, -0.05) is 84.6 Å². The first-order valence-corrected chi connectivity index (χ1v) is 12.8. The molecule has 36 heavy (non-hydrogen) atoms. The van der Waals surface area contributed by atoms with Crippen molar-refractivity contribution in [2.75, 3.05) is 11.9 Å². The second kappa shape index (κ2) is 10.8. The van der Waals surface area contributed by atoms with Crippen molar-refractivity contribution in [1.29, 1.82) is 0 Å². The summed E-state index contributed by atoms with van der Waals surface area (Å²) in [6.45, 7) is 0.267. The van der Waals surface area contributed by atoms with Crippen LogP contribution in [0.3, 0.4) is 0 Å².